The number of pyridine rings is 1. The molecule has 0 aliphatic rings. The monoisotopic (exact) mass is 725 g/mol. The highest BCUT2D eigenvalue weighted by Crippen LogP contribution is 2.39. The van der Waals surface area contributed by atoms with Crippen LogP contribution >= 0.6 is 39.1 Å². The van der Waals surface area contributed by atoms with Gasteiger partial charge in [0.05, 0.1) is 27.8 Å². The second kappa shape index (κ2) is 16.5. The molecule has 1 aromatic heterocycles. The molecule has 242 valence electrons. The van der Waals surface area contributed by atoms with E-state index in [1.807, 2.05) is 61.3 Å². The predicted octanol–water partition coefficient (Wildman–Crippen LogP) is 8.76. The van der Waals surface area contributed by atoms with Crippen molar-refractivity contribution in [2.75, 3.05) is 25.5 Å². The van der Waals surface area contributed by atoms with Gasteiger partial charge >= 0.3 is 0 Å². The van der Waals surface area contributed by atoms with E-state index in [4.69, 9.17) is 37.4 Å². The molecule has 46 heavy (non-hydrogen) atoms. The molecule has 10 heteroatoms. The summed E-state index contributed by atoms with van der Waals surface area (Å²) in [7, 11) is 1.92. The van der Waals surface area contributed by atoms with Crippen molar-refractivity contribution < 1.29 is 19.3 Å². The van der Waals surface area contributed by atoms with Crippen LogP contribution < -0.4 is 14.2 Å². The highest BCUT2D eigenvalue weighted by atomic mass is 79.9. The molecule has 0 saturated carbocycles. The van der Waals surface area contributed by atoms with Crippen molar-refractivity contribution in [3.8, 4) is 34.4 Å². The number of benzene rings is 3. The second-order valence-corrected chi connectivity index (χ2v) is 13.3. The molecule has 0 amide bonds. The van der Waals surface area contributed by atoms with Crippen LogP contribution in [0.2, 0.25) is 10.0 Å². The van der Waals surface area contributed by atoms with Gasteiger partial charge in [-0.2, -0.15) is 5.26 Å². The first kappa shape index (κ1) is 35.5. The van der Waals surface area contributed by atoms with E-state index < -0.39 is 5.60 Å². The molecule has 1 heterocycles. The smallest absolute Gasteiger partial charge is 0.142 e. The third-order valence-electron chi connectivity index (χ3n) is 7.15. The normalized spacial score (nSPS) is 11.4. The Labute approximate surface area is 289 Å². The quantitative estimate of drug-likeness (QED) is 0.0968. The summed E-state index contributed by atoms with van der Waals surface area (Å²) < 4.78 is 18.5. The summed E-state index contributed by atoms with van der Waals surface area (Å²) in [5.74, 6) is 1.71. The minimum Gasteiger partial charge on any atom is -0.492 e. The number of nitrogens with zero attached hydrogens (tertiary/aromatic N) is 3. The van der Waals surface area contributed by atoms with Gasteiger partial charge in [-0.1, -0.05) is 69.5 Å². The van der Waals surface area contributed by atoms with E-state index in [9.17, 15) is 10.4 Å². The zero-order chi connectivity index (χ0) is 33.3. The molecule has 0 radical (unpaired) electrons. The zero-order valence-corrected chi connectivity index (χ0v) is 29.5. The first-order valence-corrected chi connectivity index (χ1v) is 16.8. The molecule has 7 nitrogen and oxygen atoms in total. The summed E-state index contributed by atoms with van der Waals surface area (Å²) in [5.41, 5.74) is 5.07. The van der Waals surface area contributed by atoms with Gasteiger partial charge in [-0.15, -0.1) is 0 Å². The summed E-state index contributed by atoms with van der Waals surface area (Å²) in [6.45, 7) is 7.55. The summed E-state index contributed by atoms with van der Waals surface area (Å²) >= 11 is 17.0. The van der Waals surface area contributed by atoms with Crippen molar-refractivity contribution in [3.05, 3.63) is 105 Å². The molecule has 1 N–H and O–H groups in total. The molecule has 0 aliphatic carbocycles. The second-order valence-electron chi connectivity index (χ2n) is 11.7. The number of likely N-dealkylation sites (N-methyl/N-ethyl adjacent to an activating group) is 1. The Hall–Kier alpha value is -3.32. The fourth-order valence-electron chi connectivity index (χ4n) is 5.09. The largest absolute Gasteiger partial charge is 0.492 e. The first-order chi connectivity index (χ1) is 22.0. The molecule has 0 fully saturated rings. The molecule has 0 saturated heterocycles. The lowest BCUT2D eigenvalue weighted by molar-refractivity contribution is 0.0422. The van der Waals surface area contributed by atoms with Gasteiger partial charge in [0.2, 0.25) is 0 Å². The van der Waals surface area contributed by atoms with E-state index in [1.165, 1.54) is 6.20 Å². The van der Waals surface area contributed by atoms with Crippen molar-refractivity contribution in [3.63, 3.8) is 0 Å². The van der Waals surface area contributed by atoms with Gasteiger partial charge in [0, 0.05) is 53.6 Å². The lowest BCUT2D eigenvalue weighted by Gasteiger charge is -2.26. The lowest BCUT2D eigenvalue weighted by atomic mass is 9.96. The summed E-state index contributed by atoms with van der Waals surface area (Å²) in [6, 6.07) is 19.3. The van der Waals surface area contributed by atoms with E-state index in [1.54, 1.807) is 32.2 Å². The molecule has 0 spiro atoms. The number of alkyl halides is 1. The van der Waals surface area contributed by atoms with Crippen LogP contribution in [0.3, 0.4) is 0 Å². The average molecular weight is 728 g/mol. The van der Waals surface area contributed by atoms with Crippen molar-refractivity contribution in [1.82, 2.24) is 9.88 Å². The van der Waals surface area contributed by atoms with E-state index in [2.05, 4.69) is 27.0 Å². The Morgan fingerprint density at radius 1 is 0.935 bits per heavy atom. The van der Waals surface area contributed by atoms with Gasteiger partial charge in [0.1, 0.15) is 36.5 Å². The number of ether oxygens (including phenoxy) is 3. The van der Waals surface area contributed by atoms with Crippen LogP contribution in [0.25, 0.3) is 11.1 Å². The minimum absolute atomic E-state index is 0.201. The van der Waals surface area contributed by atoms with Crippen molar-refractivity contribution >= 4 is 39.1 Å². The standard InChI is InChI=1S/C36H38BrCl2N3O4/c1-24-27(8-5-9-29(24)30-10-6-11-32(35(30)39)44-13-7-12-37)22-46-34-16-33(45-21-26-14-25(17-40)18-41-19-26)28(15-31(34)38)20-42(4)23-36(2,3)43/h5-6,8-11,14-16,18-19,43H,7,12-13,20-23H2,1-4H3. The molecule has 0 aliphatic heterocycles. The molecular weight excluding hydrogens is 689 g/mol. The summed E-state index contributed by atoms with van der Waals surface area (Å²) in [4.78, 5) is 6.13. The number of hydrogen-bond donors (Lipinski definition) is 1. The van der Waals surface area contributed by atoms with Gasteiger partial charge in [-0.3, -0.25) is 9.88 Å². The van der Waals surface area contributed by atoms with Crippen LogP contribution in [0.1, 0.15) is 48.1 Å². The average Bonchev–Trinajstić information content (AvgIpc) is 3.01. The van der Waals surface area contributed by atoms with Gasteiger partial charge in [0.25, 0.3) is 0 Å². The van der Waals surface area contributed by atoms with E-state index in [0.29, 0.717) is 52.6 Å². The maximum Gasteiger partial charge on any atom is 0.142 e. The lowest BCUT2D eigenvalue weighted by Crippen LogP contribution is -2.35. The molecule has 4 aromatic rings. The molecule has 0 unspecified atom stereocenters. The molecule has 0 atom stereocenters. The molecule has 3 aromatic carbocycles. The highest BCUT2D eigenvalue weighted by Gasteiger charge is 2.19. The molecule has 4 rings (SSSR count). The summed E-state index contributed by atoms with van der Waals surface area (Å²) in [6.07, 6.45) is 4.06. The van der Waals surface area contributed by atoms with Crippen LogP contribution in [0, 0.1) is 18.3 Å². The van der Waals surface area contributed by atoms with Crippen molar-refractivity contribution in [2.45, 2.75) is 52.6 Å². The van der Waals surface area contributed by atoms with Crippen molar-refractivity contribution in [2.24, 2.45) is 0 Å². The van der Waals surface area contributed by atoms with E-state index >= 15 is 0 Å². The number of aliphatic hydroxyl groups is 1. The van der Waals surface area contributed by atoms with Gasteiger partial charge in [-0.05, 0) is 69.1 Å². The topological polar surface area (TPSA) is 87.8 Å². The third kappa shape index (κ3) is 9.84. The number of aromatic nitrogens is 1. The number of hydrogen-bond acceptors (Lipinski definition) is 7. The highest BCUT2D eigenvalue weighted by molar-refractivity contribution is 9.09. The molecule has 0 bridgehead atoms. The molecular formula is C36H38BrCl2N3O4. The fourth-order valence-corrected chi connectivity index (χ4v) is 5.85. The number of nitriles is 1. The van der Waals surface area contributed by atoms with Crippen LogP contribution in [-0.4, -0.2) is 46.1 Å². The predicted molar refractivity (Wildman–Crippen MR) is 187 cm³/mol. The van der Waals surface area contributed by atoms with Crippen LogP contribution in [0.15, 0.2) is 67.0 Å². The maximum absolute atomic E-state index is 10.3. The minimum atomic E-state index is -0.871. The van der Waals surface area contributed by atoms with Crippen LogP contribution in [-0.2, 0) is 19.8 Å². The maximum atomic E-state index is 10.3. The van der Waals surface area contributed by atoms with Crippen molar-refractivity contribution in [1.29, 1.82) is 5.26 Å². The Balaban J connectivity index is 1.58. The Kier molecular flexibility index (Phi) is 12.7. The fraction of sp³-hybridized carbons (Fsp3) is 0.333. The van der Waals surface area contributed by atoms with Gasteiger partial charge < -0.3 is 19.3 Å². The van der Waals surface area contributed by atoms with Crippen LogP contribution in [0.4, 0.5) is 0 Å². The zero-order valence-electron chi connectivity index (χ0n) is 26.4. The summed E-state index contributed by atoms with van der Waals surface area (Å²) in [5, 5.41) is 21.5. The third-order valence-corrected chi connectivity index (χ3v) is 8.39. The van der Waals surface area contributed by atoms with Gasteiger partial charge in [-0.25, -0.2) is 0 Å². The van der Waals surface area contributed by atoms with E-state index in [-0.39, 0.29) is 13.2 Å². The first-order valence-electron chi connectivity index (χ1n) is 14.9. The Bertz CT molecular complexity index is 1690. The van der Waals surface area contributed by atoms with E-state index in [0.717, 1.165) is 45.1 Å². The van der Waals surface area contributed by atoms with Gasteiger partial charge in [0.15, 0.2) is 0 Å². The van der Waals surface area contributed by atoms with Crippen LogP contribution in [0.5, 0.6) is 17.2 Å². The Morgan fingerprint density at radius 3 is 2.41 bits per heavy atom. The Morgan fingerprint density at radius 2 is 1.67 bits per heavy atom. The SMILES string of the molecule is Cc1c(COc2cc(OCc3cncc(C#N)c3)c(CN(C)CC(C)(C)O)cc2Cl)cccc1-c1cccc(OCCCBr)c1Cl. The number of rotatable bonds is 15. The number of halogens is 3.